The van der Waals surface area contributed by atoms with Gasteiger partial charge in [0.25, 0.3) is 0 Å². The number of pyridine rings is 2. The van der Waals surface area contributed by atoms with Crippen LogP contribution in [0.4, 0.5) is 19.0 Å². The number of benzene rings is 1. The summed E-state index contributed by atoms with van der Waals surface area (Å²) in [7, 11) is 1.56. The zero-order valence-electron chi connectivity index (χ0n) is 16.1. The topological polar surface area (TPSA) is 87.9 Å². The lowest BCUT2D eigenvalue weighted by atomic mass is 10.1. The zero-order valence-corrected chi connectivity index (χ0v) is 16.9. The molecule has 3 aromatic rings. The molecule has 1 N–H and O–H groups in total. The van der Waals surface area contributed by atoms with Gasteiger partial charge in [-0.05, 0) is 48.5 Å². The highest BCUT2D eigenvalue weighted by Gasteiger charge is 2.30. The maximum atomic E-state index is 12.6. The van der Waals surface area contributed by atoms with E-state index in [-0.39, 0.29) is 11.6 Å². The lowest BCUT2D eigenvalue weighted by Crippen LogP contribution is -2.16. The molecule has 0 atom stereocenters. The van der Waals surface area contributed by atoms with Crippen molar-refractivity contribution >= 4 is 23.5 Å². The highest BCUT2D eigenvalue weighted by atomic mass is 32.2. The predicted octanol–water partition coefficient (Wildman–Crippen LogP) is 4.77. The van der Waals surface area contributed by atoms with E-state index in [9.17, 15) is 23.2 Å². The molecule has 158 valence electrons. The van der Waals surface area contributed by atoms with Gasteiger partial charge in [-0.2, -0.15) is 18.4 Å². The molecule has 0 aliphatic heterocycles. The molecule has 0 aliphatic rings. The van der Waals surface area contributed by atoms with Gasteiger partial charge in [0.1, 0.15) is 22.7 Å². The van der Waals surface area contributed by atoms with Gasteiger partial charge in [-0.15, -0.1) is 0 Å². The van der Waals surface area contributed by atoms with Gasteiger partial charge in [-0.25, -0.2) is 9.97 Å². The Morgan fingerprint density at radius 1 is 1.16 bits per heavy atom. The number of nitriles is 1. The molecule has 0 fully saturated rings. The van der Waals surface area contributed by atoms with Gasteiger partial charge in [-0.3, -0.25) is 4.79 Å². The molecule has 0 saturated carbocycles. The summed E-state index contributed by atoms with van der Waals surface area (Å²) in [5, 5.41) is 12.1. The minimum atomic E-state index is -4.50. The van der Waals surface area contributed by atoms with Crippen molar-refractivity contribution in [2.75, 3.05) is 18.2 Å². The number of anilines is 1. The zero-order chi connectivity index (χ0) is 22.4. The highest BCUT2D eigenvalue weighted by molar-refractivity contribution is 8.00. The molecule has 2 aromatic heterocycles. The van der Waals surface area contributed by atoms with Gasteiger partial charge in [0.05, 0.1) is 29.7 Å². The first-order valence-corrected chi connectivity index (χ1v) is 9.80. The Bertz CT molecular complexity index is 1110. The summed E-state index contributed by atoms with van der Waals surface area (Å²) >= 11 is 1.04. The number of amides is 1. The van der Waals surface area contributed by atoms with Crippen molar-refractivity contribution in [3.8, 4) is 23.1 Å². The van der Waals surface area contributed by atoms with Crippen molar-refractivity contribution in [2.24, 2.45) is 0 Å². The van der Waals surface area contributed by atoms with Crippen LogP contribution in [0.2, 0.25) is 0 Å². The lowest BCUT2D eigenvalue weighted by Gasteiger charge is -2.09. The fraction of sp³-hybridized carbons (Fsp3) is 0.143. The summed E-state index contributed by atoms with van der Waals surface area (Å²) in [4.78, 5) is 20.2. The number of nitrogens with one attached hydrogen (secondary N) is 1. The lowest BCUT2D eigenvalue weighted by molar-refractivity contribution is -0.137. The van der Waals surface area contributed by atoms with Crippen molar-refractivity contribution in [3.05, 3.63) is 65.9 Å². The van der Waals surface area contributed by atoms with E-state index in [2.05, 4.69) is 15.3 Å². The van der Waals surface area contributed by atoms with E-state index in [0.717, 1.165) is 29.5 Å². The molecule has 0 aliphatic carbocycles. The van der Waals surface area contributed by atoms with Crippen LogP contribution in [0.15, 0.2) is 59.8 Å². The number of carbonyl (C=O) groups excluding carboxylic acids is 1. The summed E-state index contributed by atoms with van der Waals surface area (Å²) in [5.41, 5.74) is 0.834. The number of hydrogen-bond donors (Lipinski definition) is 1. The number of methoxy groups -OCH3 is 1. The number of aromatic nitrogens is 2. The first kappa shape index (κ1) is 22.1. The van der Waals surface area contributed by atoms with E-state index < -0.39 is 17.6 Å². The Kier molecular flexibility index (Phi) is 6.77. The Balaban J connectivity index is 1.68. The number of carbonyl (C=O) groups is 1. The molecule has 0 unspecified atom stereocenters. The average Bonchev–Trinajstić information content (AvgIpc) is 2.77. The van der Waals surface area contributed by atoms with Crippen LogP contribution in [0.25, 0.3) is 11.3 Å². The quantitative estimate of drug-likeness (QED) is 0.551. The van der Waals surface area contributed by atoms with Gasteiger partial charge in [-0.1, -0.05) is 11.8 Å². The Labute approximate surface area is 180 Å². The van der Waals surface area contributed by atoms with Crippen molar-refractivity contribution < 1.29 is 22.7 Å². The molecule has 0 bridgehead atoms. The van der Waals surface area contributed by atoms with E-state index in [4.69, 9.17) is 4.74 Å². The molecule has 1 amide bonds. The van der Waals surface area contributed by atoms with Crippen molar-refractivity contribution in [1.82, 2.24) is 9.97 Å². The highest BCUT2D eigenvalue weighted by Crippen LogP contribution is 2.29. The molecular formula is C21H15F3N4O2S. The van der Waals surface area contributed by atoms with Crippen LogP contribution in [0.3, 0.4) is 0 Å². The van der Waals surface area contributed by atoms with Gasteiger partial charge < -0.3 is 10.1 Å². The second kappa shape index (κ2) is 9.49. The van der Waals surface area contributed by atoms with Crippen LogP contribution in [0.5, 0.6) is 5.75 Å². The van der Waals surface area contributed by atoms with E-state index >= 15 is 0 Å². The smallest absolute Gasteiger partial charge is 0.417 e. The van der Waals surface area contributed by atoms with Crippen molar-refractivity contribution in [2.45, 2.75) is 11.2 Å². The molecule has 0 radical (unpaired) electrons. The molecule has 31 heavy (non-hydrogen) atoms. The molecule has 2 heterocycles. The van der Waals surface area contributed by atoms with Crippen LogP contribution in [-0.2, 0) is 11.0 Å². The van der Waals surface area contributed by atoms with E-state index in [0.29, 0.717) is 28.2 Å². The Morgan fingerprint density at radius 2 is 1.90 bits per heavy atom. The van der Waals surface area contributed by atoms with Gasteiger partial charge in [0, 0.05) is 11.8 Å². The van der Waals surface area contributed by atoms with Crippen molar-refractivity contribution in [3.63, 3.8) is 0 Å². The number of thioether (sulfide) groups is 1. The van der Waals surface area contributed by atoms with E-state index in [1.165, 1.54) is 0 Å². The van der Waals surface area contributed by atoms with E-state index in [1.54, 1.807) is 31.4 Å². The third kappa shape index (κ3) is 5.73. The molecule has 3 rings (SSSR count). The molecule has 0 saturated heterocycles. The number of rotatable bonds is 6. The first-order chi connectivity index (χ1) is 14.8. The largest absolute Gasteiger partial charge is 0.497 e. The average molecular weight is 444 g/mol. The molecular weight excluding hydrogens is 429 g/mol. The molecule has 0 spiro atoms. The number of nitrogens with zero attached hydrogens (tertiary/aromatic N) is 3. The minimum absolute atomic E-state index is 0.000880. The second-order valence-electron chi connectivity index (χ2n) is 6.16. The predicted molar refractivity (Wildman–Crippen MR) is 110 cm³/mol. The van der Waals surface area contributed by atoms with Crippen LogP contribution in [0.1, 0.15) is 11.1 Å². The van der Waals surface area contributed by atoms with E-state index in [1.807, 2.05) is 18.2 Å². The third-order valence-electron chi connectivity index (χ3n) is 4.06. The Hall–Kier alpha value is -3.58. The summed E-state index contributed by atoms with van der Waals surface area (Å²) < 4.78 is 42.9. The summed E-state index contributed by atoms with van der Waals surface area (Å²) in [6, 6.07) is 14.5. The van der Waals surface area contributed by atoms with Gasteiger partial charge in [0.15, 0.2) is 0 Å². The standard InChI is InChI=1S/C21H15F3N4O2S/c1-30-16-6-2-13(3-7-16)17-8-4-14(10-25)20(27-17)31-12-19(29)28-18-9-5-15(11-26-18)21(22,23)24/h2-9,11H,12H2,1H3,(H,26,28,29). The number of ether oxygens (including phenoxy) is 1. The number of hydrogen-bond acceptors (Lipinski definition) is 6. The fourth-order valence-corrected chi connectivity index (χ4v) is 3.28. The maximum Gasteiger partial charge on any atom is 0.417 e. The monoisotopic (exact) mass is 444 g/mol. The van der Waals surface area contributed by atoms with Crippen LogP contribution in [0, 0.1) is 11.3 Å². The first-order valence-electron chi connectivity index (χ1n) is 8.81. The molecule has 10 heteroatoms. The van der Waals surface area contributed by atoms with Crippen LogP contribution in [-0.4, -0.2) is 28.7 Å². The summed E-state index contributed by atoms with van der Waals surface area (Å²) in [6.07, 6.45) is -3.85. The van der Waals surface area contributed by atoms with Gasteiger partial charge in [0.2, 0.25) is 5.91 Å². The Morgan fingerprint density at radius 3 is 2.48 bits per heavy atom. The summed E-state index contributed by atoms with van der Waals surface area (Å²) in [5.74, 6) is 0.105. The second-order valence-corrected chi connectivity index (χ2v) is 7.12. The number of halogens is 3. The van der Waals surface area contributed by atoms with Crippen LogP contribution < -0.4 is 10.1 Å². The molecule has 6 nitrogen and oxygen atoms in total. The third-order valence-corrected chi connectivity index (χ3v) is 5.06. The summed E-state index contributed by atoms with van der Waals surface area (Å²) in [6.45, 7) is 0. The van der Waals surface area contributed by atoms with Crippen molar-refractivity contribution in [1.29, 1.82) is 5.26 Å². The number of alkyl halides is 3. The van der Waals surface area contributed by atoms with Gasteiger partial charge >= 0.3 is 6.18 Å². The molecule has 1 aromatic carbocycles. The van der Waals surface area contributed by atoms with Crippen LogP contribution >= 0.6 is 11.8 Å². The SMILES string of the molecule is COc1ccc(-c2ccc(C#N)c(SCC(=O)Nc3ccc(C(F)(F)F)cn3)n2)cc1. The maximum absolute atomic E-state index is 12.6. The minimum Gasteiger partial charge on any atom is -0.497 e. The fourth-order valence-electron chi connectivity index (χ4n) is 2.51. The normalized spacial score (nSPS) is 10.9.